The Morgan fingerprint density at radius 1 is 1.32 bits per heavy atom. The van der Waals surface area contributed by atoms with E-state index in [4.69, 9.17) is 9.47 Å². The first kappa shape index (κ1) is 16.4. The predicted molar refractivity (Wildman–Crippen MR) is 84.6 cm³/mol. The predicted octanol–water partition coefficient (Wildman–Crippen LogP) is 2.47. The van der Waals surface area contributed by atoms with Crippen LogP contribution in [0.3, 0.4) is 0 Å². The molecule has 22 heavy (non-hydrogen) atoms. The number of rotatable bonds is 4. The highest BCUT2D eigenvalue weighted by Gasteiger charge is 2.25. The maximum absolute atomic E-state index is 12.4. The van der Waals surface area contributed by atoms with Gasteiger partial charge in [-0.25, -0.2) is 4.79 Å². The summed E-state index contributed by atoms with van der Waals surface area (Å²) in [5, 5.41) is 12.8. The number of benzene rings is 1. The number of fused-ring (bicyclic) bond motifs is 1. The molecule has 0 radical (unpaired) electrons. The summed E-state index contributed by atoms with van der Waals surface area (Å²) in [6.07, 6.45) is 0. The van der Waals surface area contributed by atoms with E-state index in [0.29, 0.717) is 30.4 Å². The molecule has 0 fully saturated rings. The van der Waals surface area contributed by atoms with Gasteiger partial charge in [0.1, 0.15) is 13.2 Å². The third-order valence-electron chi connectivity index (χ3n) is 3.23. The van der Waals surface area contributed by atoms with Gasteiger partial charge < -0.3 is 24.8 Å². The SMILES string of the molecule is CC(C)N(CC(C)(C)O)C(=O)Nc1ccc2c(c1)OCCO2. The molecule has 1 aromatic carbocycles. The zero-order valence-corrected chi connectivity index (χ0v) is 13.5. The number of nitrogens with zero attached hydrogens (tertiary/aromatic N) is 1. The first-order valence-corrected chi connectivity index (χ1v) is 7.46. The second-order valence-corrected chi connectivity index (χ2v) is 6.32. The standard InChI is InChI=1S/C16H24N2O4/c1-11(2)18(10-16(3,4)20)15(19)17-12-5-6-13-14(9-12)22-8-7-21-13/h5-6,9,11,20H,7-8,10H2,1-4H3,(H,17,19). The van der Waals surface area contributed by atoms with Crippen LogP contribution >= 0.6 is 0 Å². The maximum atomic E-state index is 12.4. The average Bonchev–Trinajstić information content (AvgIpc) is 2.43. The molecule has 2 rings (SSSR count). The lowest BCUT2D eigenvalue weighted by atomic mass is 10.1. The third-order valence-corrected chi connectivity index (χ3v) is 3.23. The molecule has 6 nitrogen and oxygen atoms in total. The quantitative estimate of drug-likeness (QED) is 0.896. The largest absolute Gasteiger partial charge is 0.486 e. The monoisotopic (exact) mass is 308 g/mol. The number of hydrogen-bond acceptors (Lipinski definition) is 4. The zero-order valence-electron chi connectivity index (χ0n) is 13.5. The van der Waals surface area contributed by atoms with Crippen molar-refractivity contribution in [2.24, 2.45) is 0 Å². The van der Waals surface area contributed by atoms with Gasteiger partial charge in [-0.1, -0.05) is 0 Å². The van der Waals surface area contributed by atoms with Crippen LogP contribution in [-0.4, -0.2) is 47.4 Å². The molecule has 0 bridgehead atoms. The second kappa shape index (κ2) is 6.44. The van der Waals surface area contributed by atoms with Crippen molar-refractivity contribution >= 4 is 11.7 Å². The summed E-state index contributed by atoms with van der Waals surface area (Å²) in [5.74, 6) is 1.31. The van der Waals surface area contributed by atoms with E-state index in [2.05, 4.69) is 5.32 Å². The van der Waals surface area contributed by atoms with E-state index in [9.17, 15) is 9.90 Å². The Morgan fingerprint density at radius 3 is 2.55 bits per heavy atom. The molecule has 0 aliphatic carbocycles. The molecule has 6 heteroatoms. The van der Waals surface area contributed by atoms with Gasteiger partial charge in [-0.2, -0.15) is 0 Å². The molecule has 2 N–H and O–H groups in total. The highest BCUT2D eigenvalue weighted by molar-refractivity contribution is 5.90. The Kier molecular flexibility index (Phi) is 4.81. The van der Waals surface area contributed by atoms with E-state index in [-0.39, 0.29) is 18.6 Å². The van der Waals surface area contributed by atoms with E-state index in [1.807, 2.05) is 13.8 Å². The Hall–Kier alpha value is -1.95. The summed E-state index contributed by atoms with van der Waals surface area (Å²) >= 11 is 0. The fourth-order valence-electron chi connectivity index (χ4n) is 2.22. The first-order valence-electron chi connectivity index (χ1n) is 7.46. The van der Waals surface area contributed by atoms with Crippen molar-refractivity contribution in [2.45, 2.75) is 39.3 Å². The summed E-state index contributed by atoms with van der Waals surface area (Å²) < 4.78 is 11.0. The molecule has 0 spiro atoms. The molecule has 2 amide bonds. The summed E-state index contributed by atoms with van der Waals surface area (Å²) in [6, 6.07) is 5.01. The number of amides is 2. The maximum Gasteiger partial charge on any atom is 0.322 e. The fourth-order valence-corrected chi connectivity index (χ4v) is 2.22. The summed E-state index contributed by atoms with van der Waals surface area (Å²) in [5.41, 5.74) is -0.315. The summed E-state index contributed by atoms with van der Waals surface area (Å²) in [7, 11) is 0. The number of urea groups is 1. The van der Waals surface area contributed by atoms with Crippen LogP contribution in [0.15, 0.2) is 18.2 Å². The topological polar surface area (TPSA) is 71.0 Å². The van der Waals surface area contributed by atoms with Gasteiger partial charge in [0, 0.05) is 17.8 Å². The van der Waals surface area contributed by atoms with Gasteiger partial charge in [-0.05, 0) is 39.8 Å². The molecule has 1 aliphatic rings. The lowest BCUT2D eigenvalue weighted by Crippen LogP contribution is -2.47. The van der Waals surface area contributed by atoms with Crippen LogP contribution in [-0.2, 0) is 0 Å². The van der Waals surface area contributed by atoms with Crippen molar-refractivity contribution in [1.29, 1.82) is 0 Å². The Labute approximate surface area is 131 Å². The van der Waals surface area contributed by atoms with Crippen LogP contribution in [0, 0.1) is 0 Å². The van der Waals surface area contributed by atoms with Gasteiger partial charge in [0.15, 0.2) is 11.5 Å². The fraction of sp³-hybridized carbons (Fsp3) is 0.562. The molecule has 0 saturated heterocycles. The van der Waals surface area contributed by atoms with Crippen molar-refractivity contribution in [3.63, 3.8) is 0 Å². The summed E-state index contributed by atoms with van der Waals surface area (Å²) in [6.45, 7) is 8.47. The highest BCUT2D eigenvalue weighted by atomic mass is 16.6. The lowest BCUT2D eigenvalue weighted by molar-refractivity contribution is 0.0412. The van der Waals surface area contributed by atoms with E-state index in [0.717, 1.165) is 0 Å². The number of aliphatic hydroxyl groups is 1. The van der Waals surface area contributed by atoms with E-state index >= 15 is 0 Å². The number of carbonyl (C=O) groups excluding carboxylic acids is 1. The van der Waals surface area contributed by atoms with Crippen molar-refractivity contribution in [1.82, 2.24) is 4.90 Å². The van der Waals surface area contributed by atoms with E-state index in [1.165, 1.54) is 0 Å². The second-order valence-electron chi connectivity index (χ2n) is 6.32. The molecule has 0 atom stereocenters. The van der Waals surface area contributed by atoms with Crippen LogP contribution < -0.4 is 14.8 Å². The van der Waals surface area contributed by atoms with Crippen LogP contribution in [0.5, 0.6) is 11.5 Å². The number of hydrogen-bond donors (Lipinski definition) is 2. The Morgan fingerprint density at radius 2 is 1.95 bits per heavy atom. The Balaban J connectivity index is 2.09. The Bertz CT molecular complexity index is 537. The number of anilines is 1. The van der Waals surface area contributed by atoms with Gasteiger partial charge in [0.2, 0.25) is 0 Å². The molecule has 122 valence electrons. The smallest absolute Gasteiger partial charge is 0.322 e. The lowest BCUT2D eigenvalue weighted by Gasteiger charge is -2.32. The van der Waals surface area contributed by atoms with Crippen LogP contribution in [0.25, 0.3) is 0 Å². The van der Waals surface area contributed by atoms with Crippen LogP contribution in [0.1, 0.15) is 27.7 Å². The van der Waals surface area contributed by atoms with Crippen molar-refractivity contribution in [3.05, 3.63) is 18.2 Å². The molecule has 0 saturated carbocycles. The van der Waals surface area contributed by atoms with E-state index in [1.54, 1.807) is 36.9 Å². The third kappa shape index (κ3) is 4.27. The molecule has 0 aromatic heterocycles. The van der Waals surface area contributed by atoms with Gasteiger partial charge >= 0.3 is 6.03 Å². The molecule has 1 aromatic rings. The minimum atomic E-state index is -0.950. The van der Waals surface area contributed by atoms with Gasteiger partial charge in [0.25, 0.3) is 0 Å². The first-order chi connectivity index (χ1) is 10.3. The van der Waals surface area contributed by atoms with Gasteiger partial charge in [0.05, 0.1) is 12.1 Å². The summed E-state index contributed by atoms with van der Waals surface area (Å²) in [4.78, 5) is 14.0. The minimum absolute atomic E-state index is 0.0244. The zero-order chi connectivity index (χ0) is 16.3. The number of nitrogens with one attached hydrogen (secondary N) is 1. The molecular formula is C16H24N2O4. The van der Waals surface area contributed by atoms with Gasteiger partial charge in [-0.3, -0.25) is 0 Å². The molecule has 0 unspecified atom stereocenters. The molecule has 1 aliphatic heterocycles. The molecular weight excluding hydrogens is 284 g/mol. The number of carbonyl (C=O) groups is 1. The van der Waals surface area contributed by atoms with Crippen molar-refractivity contribution in [3.8, 4) is 11.5 Å². The molecule has 1 heterocycles. The van der Waals surface area contributed by atoms with Crippen molar-refractivity contribution < 1.29 is 19.4 Å². The number of ether oxygens (including phenoxy) is 2. The average molecular weight is 308 g/mol. The van der Waals surface area contributed by atoms with Gasteiger partial charge in [-0.15, -0.1) is 0 Å². The van der Waals surface area contributed by atoms with Crippen LogP contribution in [0.2, 0.25) is 0 Å². The minimum Gasteiger partial charge on any atom is -0.486 e. The normalized spacial score (nSPS) is 13.9. The van der Waals surface area contributed by atoms with Crippen LogP contribution in [0.4, 0.5) is 10.5 Å². The van der Waals surface area contributed by atoms with Crippen molar-refractivity contribution in [2.75, 3.05) is 25.1 Å². The highest BCUT2D eigenvalue weighted by Crippen LogP contribution is 2.32. The van der Waals surface area contributed by atoms with E-state index < -0.39 is 5.60 Å².